The molecule has 3 nitrogen and oxygen atoms in total. The first kappa shape index (κ1) is 7.70. The zero-order valence-electron chi connectivity index (χ0n) is 7.15. The number of hydrogen-bond donors (Lipinski definition) is 2. The number of aromatic hydroxyl groups is 1. The Bertz CT molecular complexity index is 568. The Morgan fingerprint density at radius 2 is 2.00 bits per heavy atom. The van der Waals surface area contributed by atoms with Crippen molar-refractivity contribution in [2.24, 2.45) is 0 Å². The Balaban J connectivity index is 2.58. The molecule has 3 N–H and O–H groups in total. The van der Waals surface area contributed by atoms with Crippen molar-refractivity contribution in [2.75, 3.05) is 5.73 Å². The first-order chi connectivity index (χ1) is 6.74. The molecule has 4 heteroatoms. The highest BCUT2D eigenvalue weighted by atomic mass is 32.1. The van der Waals surface area contributed by atoms with Crippen LogP contribution in [0.4, 0.5) is 5.00 Å². The van der Waals surface area contributed by atoms with Crippen molar-refractivity contribution < 1.29 is 9.52 Å². The summed E-state index contributed by atoms with van der Waals surface area (Å²) in [5.74, 6) is -0.0560. The van der Waals surface area contributed by atoms with Gasteiger partial charge in [0.05, 0.1) is 9.70 Å². The van der Waals surface area contributed by atoms with Crippen LogP contribution in [-0.2, 0) is 0 Å². The highest BCUT2D eigenvalue weighted by molar-refractivity contribution is 7.23. The van der Waals surface area contributed by atoms with Gasteiger partial charge in [0, 0.05) is 11.5 Å². The predicted molar refractivity (Wildman–Crippen MR) is 57.7 cm³/mol. The zero-order valence-corrected chi connectivity index (χ0v) is 7.97. The van der Waals surface area contributed by atoms with Gasteiger partial charge in [0.25, 0.3) is 5.95 Å². The topological polar surface area (TPSA) is 59.4 Å². The van der Waals surface area contributed by atoms with Crippen molar-refractivity contribution >= 4 is 37.4 Å². The third kappa shape index (κ3) is 0.914. The molecule has 70 valence electrons. The van der Waals surface area contributed by atoms with Crippen molar-refractivity contribution in [1.29, 1.82) is 0 Å². The summed E-state index contributed by atoms with van der Waals surface area (Å²) >= 11 is 1.47. The lowest BCUT2D eigenvalue weighted by Crippen LogP contribution is -1.72. The third-order valence-electron chi connectivity index (χ3n) is 2.18. The normalized spacial score (nSPS) is 11.4. The van der Waals surface area contributed by atoms with Crippen LogP contribution in [0.2, 0.25) is 0 Å². The van der Waals surface area contributed by atoms with E-state index in [2.05, 4.69) is 0 Å². The van der Waals surface area contributed by atoms with E-state index >= 15 is 0 Å². The minimum atomic E-state index is -0.0560. The third-order valence-corrected chi connectivity index (χ3v) is 3.16. The van der Waals surface area contributed by atoms with Gasteiger partial charge >= 0.3 is 0 Å². The molecule has 2 aromatic heterocycles. The summed E-state index contributed by atoms with van der Waals surface area (Å²) in [5.41, 5.74) is 6.41. The standard InChI is InChI=1S/C10H7NO2S/c11-7-3-6-2-1-5-4-8(12)13-9(5)10(6)14-7/h1-4,12H,11H2. The van der Waals surface area contributed by atoms with E-state index in [1.807, 2.05) is 18.2 Å². The molecule has 0 fully saturated rings. The predicted octanol–water partition coefficient (Wildman–Crippen LogP) is 2.94. The van der Waals surface area contributed by atoms with Gasteiger partial charge < -0.3 is 15.3 Å². The van der Waals surface area contributed by atoms with Crippen LogP contribution in [0.3, 0.4) is 0 Å². The second-order valence-corrected chi connectivity index (χ2v) is 4.22. The monoisotopic (exact) mass is 205 g/mol. The van der Waals surface area contributed by atoms with Crippen molar-refractivity contribution in [3.05, 3.63) is 24.3 Å². The average Bonchev–Trinajstić information content (AvgIpc) is 2.65. The Labute approximate surface area is 83.4 Å². The Hall–Kier alpha value is -1.68. The molecule has 0 atom stereocenters. The molecular weight excluding hydrogens is 198 g/mol. The van der Waals surface area contributed by atoms with Crippen molar-refractivity contribution in [3.8, 4) is 5.95 Å². The van der Waals surface area contributed by atoms with Gasteiger partial charge in [0.1, 0.15) is 0 Å². The Morgan fingerprint density at radius 3 is 2.86 bits per heavy atom. The SMILES string of the molecule is Nc1cc2ccc3cc(O)oc3c2s1. The summed E-state index contributed by atoms with van der Waals surface area (Å²) < 4.78 is 6.19. The summed E-state index contributed by atoms with van der Waals surface area (Å²) in [6, 6.07) is 7.39. The van der Waals surface area contributed by atoms with Crippen LogP contribution in [0.5, 0.6) is 5.95 Å². The smallest absolute Gasteiger partial charge is 0.282 e. The number of rotatable bonds is 0. The summed E-state index contributed by atoms with van der Waals surface area (Å²) in [6.07, 6.45) is 0. The molecule has 0 amide bonds. The number of fused-ring (bicyclic) bond motifs is 3. The van der Waals surface area contributed by atoms with Gasteiger partial charge in [-0.25, -0.2) is 0 Å². The average molecular weight is 205 g/mol. The minimum absolute atomic E-state index is 0.0560. The summed E-state index contributed by atoms with van der Waals surface area (Å²) in [5, 5.41) is 11.9. The van der Waals surface area contributed by atoms with E-state index in [0.29, 0.717) is 5.58 Å². The number of benzene rings is 1. The van der Waals surface area contributed by atoms with Crippen molar-refractivity contribution in [2.45, 2.75) is 0 Å². The molecule has 1 aromatic carbocycles. The largest absolute Gasteiger partial charge is 0.481 e. The zero-order chi connectivity index (χ0) is 9.71. The summed E-state index contributed by atoms with van der Waals surface area (Å²) in [6.45, 7) is 0. The minimum Gasteiger partial charge on any atom is -0.481 e. The van der Waals surface area contributed by atoms with E-state index in [0.717, 1.165) is 20.5 Å². The van der Waals surface area contributed by atoms with Gasteiger partial charge in [-0.3, -0.25) is 0 Å². The van der Waals surface area contributed by atoms with Crippen LogP contribution >= 0.6 is 11.3 Å². The molecule has 0 aliphatic heterocycles. The quantitative estimate of drug-likeness (QED) is 0.593. The molecule has 3 aromatic rings. The number of furan rings is 1. The molecular formula is C10H7NO2S. The fraction of sp³-hybridized carbons (Fsp3) is 0. The molecule has 0 spiro atoms. The molecule has 0 aliphatic carbocycles. The van der Waals surface area contributed by atoms with E-state index in [9.17, 15) is 5.11 Å². The Kier molecular flexibility index (Phi) is 1.33. The van der Waals surface area contributed by atoms with E-state index in [-0.39, 0.29) is 5.95 Å². The van der Waals surface area contributed by atoms with Gasteiger partial charge in [0.15, 0.2) is 5.58 Å². The summed E-state index contributed by atoms with van der Waals surface area (Å²) in [4.78, 5) is 0. The van der Waals surface area contributed by atoms with Gasteiger partial charge in [-0.05, 0) is 11.5 Å². The lowest BCUT2D eigenvalue weighted by atomic mass is 10.2. The molecule has 0 radical (unpaired) electrons. The van der Waals surface area contributed by atoms with Crippen LogP contribution in [0.15, 0.2) is 28.7 Å². The molecule has 3 rings (SSSR count). The maximum Gasteiger partial charge on any atom is 0.282 e. The van der Waals surface area contributed by atoms with Crippen LogP contribution in [0.25, 0.3) is 21.1 Å². The number of anilines is 1. The number of thiophene rings is 1. The maximum absolute atomic E-state index is 9.23. The molecule has 0 saturated heterocycles. The van der Waals surface area contributed by atoms with E-state index in [1.54, 1.807) is 6.07 Å². The van der Waals surface area contributed by atoms with Gasteiger partial charge in [-0.15, -0.1) is 11.3 Å². The lowest BCUT2D eigenvalue weighted by Gasteiger charge is -1.88. The highest BCUT2D eigenvalue weighted by Crippen LogP contribution is 2.36. The van der Waals surface area contributed by atoms with Crippen LogP contribution in [-0.4, -0.2) is 5.11 Å². The molecule has 0 saturated carbocycles. The van der Waals surface area contributed by atoms with E-state index in [1.165, 1.54) is 11.3 Å². The Morgan fingerprint density at radius 1 is 1.21 bits per heavy atom. The number of nitrogen functional groups attached to an aromatic ring is 1. The summed E-state index contributed by atoms with van der Waals surface area (Å²) in [7, 11) is 0. The van der Waals surface area contributed by atoms with E-state index < -0.39 is 0 Å². The van der Waals surface area contributed by atoms with Crippen molar-refractivity contribution in [3.63, 3.8) is 0 Å². The number of nitrogens with two attached hydrogens (primary N) is 1. The first-order valence-corrected chi connectivity index (χ1v) is 4.96. The second kappa shape index (κ2) is 2.42. The van der Waals surface area contributed by atoms with Crippen LogP contribution < -0.4 is 5.73 Å². The highest BCUT2D eigenvalue weighted by Gasteiger charge is 2.08. The van der Waals surface area contributed by atoms with Crippen LogP contribution in [0.1, 0.15) is 0 Å². The fourth-order valence-electron chi connectivity index (χ4n) is 1.60. The van der Waals surface area contributed by atoms with Gasteiger partial charge in [-0.1, -0.05) is 12.1 Å². The van der Waals surface area contributed by atoms with Gasteiger partial charge in [0.2, 0.25) is 0 Å². The van der Waals surface area contributed by atoms with Gasteiger partial charge in [-0.2, -0.15) is 0 Å². The first-order valence-electron chi connectivity index (χ1n) is 4.14. The molecule has 14 heavy (non-hydrogen) atoms. The van der Waals surface area contributed by atoms with Crippen LogP contribution in [0, 0.1) is 0 Å². The lowest BCUT2D eigenvalue weighted by molar-refractivity contribution is 0.347. The molecule has 0 aliphatic rings. The fourth-order valence-corrected chi connectivity index (χ4v) is 2.52. The molecule has 0 unspecified atom stereocenters. The second-order valence-electron chi connectivity index (χ2n) is 3.14. The van der Waals surface area contributed by atoms with E-state index in [4.69, 9.17) is 10.2 Å². The number of hydrogen-bond acceptors (Lipinski definition) is 4. The van der Waals surface area contributed by atoms with Crippen molar-refractivity contribution in [1.82, 2.24) is 0 Å². The maximum atomic E-state index is 9.23. The molecule has 0 bridgehead atoms. The molecule has 2 heterocycles.